The summed E-state index contributed by atoms with van der Waals surface area (Å²) in [4.78, 5) is 17.5. The number of primary amides is 1. The number of carbonyl (C=O) groups excluding carboxylic acids is 1. The molecule has 0 radical (unpaired) electrons. The number of hydrogen-bond donors (Lipinski definition) is 2. The summed E-state index contributed by atoms with van der Waals surface area (Å²) in [5, 5.41) is 1.38. The second-order valence-electron chi connectivity index (χ2n) is 6.65. The molecule has 3 N–H and O–H groups in total. The Morgan fingerprint density at radius 1 is 1.43 bits per heavy atom. The van der Waals surface area contributed by atoms with Crippen molar-refractivity contribution in [1.82, 2.24) is 9.88 Å². The molecule has 1 aromatic carbocycles. The zero-order valence-corrected chi connectivity index (χ0v) is 12.5. The van der Waals surface area contributed by atoms with E-state index in [2.05, 4.69) is 42.1 Å². The van der Waals surface area contributed by atoms with Crippen molar-refractivity contribution >= 4 is 16.8 Å². The van der Waals surface area contributed by atoms with Gasteiger partial charge in [0.15, 0.2) is 0 Å². The molecule has 1 aliphatic carbocycles. The topological polar surface area (TPSA) is 62.1 Å². The van der Waals surface area contributed by atoms with Crippen LogP contribution in [0.5, 0.6) is 0 Å². The van der Waals surface area contributed by atoms with Gasteiger partial charge in [0, 0.05) is 35.1 Å². The van der Waals surface area contributed by atoms with Crippen LogP contribution in [0.4, 0.5) is 0 Å². The van der Waals surface area contributed by atoms with Crippen molar-refractivity contribution in [2.24, 2.45) is 11.7 Å². The zero-order valence-electron chi connectivity index (χ0n) is 12.5. The van der Waals surface area contributed by atoms with Gasteiger partial charge in [-0.3, -0.25) is 4.79 Å². The highest BCUT2D eigenvalue weighted by molar-refractivity contribution is 5.90. The van der Waals surface area contributed by atoms with Crippen molar-refractivity contribution in [3.8, 4) is 0 Å². The fourth-order valence-electron chi connectivity index (χ4n) is 4.42. The van der Waals surface area contributed by atoms with Crippen molar-refractivity contribution in [3.63, 3.8) is 0 Å². The summed E-state index contributed by atoms with van der Waals surface area (Å²) >= 11 is 0. The number of likely N-dealkylation sites (tertiary alicyclic amines) is 1. The van der Waals surface area contributed by atoms with Gasteiger partial charge in [0.05, 0.1) is 5.92 Å². The number of nitrogens with two attached hydrogens (primary N) is 1. The molecule has 3 atom stereocenters. The standard InChI is InChI=1S/C17H21N3O/c1-9-12-7-15-13(6-10(17(18)21)8-20(15)2)11-4-3-5-14(19-9)16(11)12/h3-5,10,13,15,19H,6-8H2,1-2H3,(H2,18,21)/t10-,13?,15-/m1/s1. The summed E-state index contributed by atoms with van der Waals surface area (Å²) in [6.07, 6.45) is 1.95. The van der Waals surface area contributed by atoms with Gasteiger partial charge in [-0.1, -0.05) is 12.1 Å². The van der Waals surface area contributed by atoms with Crippen LogP contribution in [0.15, 0.2) is 18.2 Å². The lowest BCUT2D eigenvalue weighted by molar-refractivity contribution is -0.124. The summed E-state index contributed by atoms with van der Waals surface area (Å²) in [6.45, 7) is 2.94. The van der Waals surface area contributed by atoms with Crippen LogP contribution >= 0.6 is 0 Å². The Morgan fingerprint density at radius 3 is 3.00 bits per heavy atom. The Kier molecular flexibility index (Phi) is 2.67. The van der Waals surface area contributed by atoms with Crippen molar-refractivity contribution in [2.75, 3.05) is 13.6 Å². The molecule has 1 amide bonds. The molecular weight excluding hydrogens is 262 g/mol. The number of aromatic nitrogens is 1. The third kappa shape index (κ3) is 1.75. The Hall–Kier alpha value is -1.81. The van der Waals surface area contributed by atoms with E-state index >= 15 is 0 Å². The van der Waals surface area contributed by atoms with E-state index in [0.29, 0.717) is 12.0 Å². The number of likely N-dealkylation sites (N-methyl/N-ethyl adjacent to an activating group) is 1. The minimum absolute atomic E-state index is 0.0342. The Labute approximate surface area is 124 Å². The number of hydrogen-bond acceptors (Lipinski definition) is 2. The molecule has 1 saturated heterocycles. The van der Waals surface area contributed by atoms with E-state index in [1.54, 1.807) is 0 Å². The van der Waals surface area contributed by atoms with Gasteiger partial charge in [0.1, 0.15) is 0 Å². The molecule has 110 valence electrons. The molecule has 0 spiro atoms. The van der Waals surface area contributed by atoms with Gasteiger partial charge in [0.25, 0.3) is 0 Å². The molecule has 2 aromatic rings. The monoisotopic (exact) mass is 283 g/mol. The summed E-state index contributed by atoms with van der Waals surface area (Å²) in [5.41, 5.74) is 10.9. The second kappa shape index (κ2) is 4.34. The van der Waals surface area contributed by atoms with E-state index in [4.69, 9.17) is 5.73 Å². The molecule has 21 heavy (non-hydrogen) atoms. The number of amides is 1. The lowest BCUT2D eigenvalue weighted by atomic mass is 9.72. The van der Waals surface area contributed by atoms with Crippen LogP contribution in [0.3, 0.4) is 0 Å². The molecule has 0 saturated carbocycles. The van der Waals surface area contributed by atoms with Crippen molar-refractivity contribution < 1.29 is 4.79 Å². The van der Waals surface area contributed by atoms with Crippen LogP contribution < -0.4 is 5.73 Å². The van der Waals surface area contributed by atoms with Gasteiger partial charge in [-0.15, -0.1) is 0 Å². The van der Waals surface area contributed by atoms with Crippen LogP contribution in [0.2, 0.25) is 0 Å². The number of piperidine rings is 1. The summed E-state index contributed by atoms with van der Waals surface area (Å²) in [7, 11) is 2.12. The highest BCUT2D eigenvalue weighted by Gasteiger charge is 2.41. The molecule has 1 fully saturated rings. The third-order valence-electron chi connectivity index (χ3n) is 5.47. The molecule has 2 heterocycles. The normalized spacial score (nSPS) is 28.6. The minimum Gasteiger partial charge on any atom is -0.369 e. The number of aromatic amines is 1. The smallest absolute Gasteiger partial charge is 0.221 e. The van der Waals surface area contributed by atoms with Gasteiger partial charge in [-0.05, 0) is 44.0 Å². The molecule has 1 unspecified atom stereocenters. The van der Waals surface area contributed by atoms with Crippen LogP contribution in [0, 0.1) is 12.8 Å². The molecule has 0 bridgehead atoms. The van der Waals surface area contributed by atoms with Crippen molar-refractivity contribution in [2.45, 2.75) is 31.7 Å². The number of H-pyrrole nitrogens is 1. The SMILES string of the molecule is Cc1[nH]c2cccc3c2c1C[C@@H]1C3C[C@@H](C(N)=O)CN1C. The molecule has 4 heteroatoms. The lowest BCUT2D eigenvalue weighted by Gasteiger charge is -2.44. The van der Waals surface area contributed by atoms with E-state index in [-0.39, 0.29) is 11.8 Å². The van der Waals surface area contributed by atoms with Crippen LogP contribution in [0.1, 0.15) is 29.2 Å². The fourth-order valence-corrected chi connectivity index (χ4v) is 4.42. The Balaban J connectivity index is 1.88. The van der Waals surface area contributed by atoms with Gasteiger partial charge in [-0.25, -0.2) is 0 Å². The van der Waals surface area contributed by atoms with E-state index < -0.39 is 0 Å². The number of carbonyl (C=O) groups is 1. The fraction of sp³-hybridized carbons (Fsp3) is 0.471. The van der Waals surface area contributed by atoms with E-state index in [1.165, 1.54) is 27.7 Å². The first-order chi connectivity index (χ1) is 10.1. The van der Waals surface area contributed by atoms with Gasteiger partial charge in [0.2, 0.25) is 5.91 Å². The van der Waals surface area contributed by atoms with E-state index in [9.17, 15) is 4.79 Å². The van der Waals surface area contributed by atoms with Crippen molar-refractivity contribution in [3.05, 3.63) is 35.0 Å². The quantitative estimate of drug-likeness (QED) is 0.840. The molecule has 2 aliphatic rings. The minimum atomic E-state index is -0.163. The average molecular weight is 283 g/mol. The lowest BCUT2D eigenvalue weighted by Crippen LogP contribution is -2.50. The number of fused-ring (bicyclic) bond motifs is 2. The predicted molar refractivity (Wildman–Crippen MR) is 83.2 cm³/mol. The second-order valence-corrected chi connectivity index (χ2v) is 6.65. The van der Waals surface area contributed by atoms with Crippen molar-refractivity contribution in [1.29, 1.82) is 0 Å². The van der Waals surface area contributed by atoms with Crippen LogP contribution in [0.25, 0.3) is 10.9 Å². The summed E-state index contributed by atoms with van der Waals surface area (Å²) < 4.78 is 0. The molecular formula is C17H21N3O. The maximum absolute atomic E-state index is 11.7. The first kappa shape index (κ1) is 12.9. The largest absolute Gasteiger partial charge is 0.369 e. The van der Waals surface area contributed by atoms with Gasteiger partial charge in [-0.2, -0.15) is 0 Å². The summed E-state index contributed by atoms with van der Waals surface area (Å²) in [5.74, 6) is 0.212. The molecule has 1 aromatic heterocycles. The summed E-state index contributed by atoms with van der Waals surface area (Å²) in [6, 6.07) is 6.97. The number of rotatable bonds is 1. The molecule has 1 aliphatic heterocycles. The zero-order chi connectivity index (χ0) is 14.7. The van der Waals surface area contributed by atoms with E-state index in [1.807, 2.05) is 0 Å². The maximum Gasteiger partial charge on any atom is 0.221 e. The predicted octanol–water partition coefficient (Wildman–Crippen LogP) is 1.92. The van der Waals surface area contributed by atoms with Crippen LogP contribution in [-0.4, -0.2) is 35.4 Å². The van der Waals surface area contributed by atoms with Gasteiger partial charge < -0.3 is 15.6 Å². The first-order valence-electron chi connectivity index (χ1n) is 7.66. The number of nitrogens with one attached hydrogen (secondary N) is 1. The van der Waals surface area contributed by atoms with Crippen LogP contribution in [-0.2, 0) is 11.2 Å². The number of aryl methyl sites for hydroxylation is 1. The third-order valence-corrected chi connectivity index (χ3v) is 5.47. The molecule has 4 nitrogen and oxygen atoms in total. The Morgan fingerprint density at radius 2 is 2.24 bits per heavy atom. The Bertz CT molecular complexity index is 733. The van der Waals surface area contributed by atoms with E-state index in [0.717, 1.165) is 19.4 Å². The van der Waals surface area contributed by atoms with Gasteiger partial charge >= 0.3 is 0 Å². The highest BCUT2D eigenvalue weighted by atomic mass is 16.1. The first-order valence-corrected chi connectivity index (χ1v) is 7.66. The maximum atomic E-state index is 11.7. The number of benzene rings is 1. The number of nitrogens with zero attached hydrogens (tertiary/aromatic N) is 1. The molecule has 4 rings (SSSR count). The average Bonchev–Trinajstić information content (AvgIpc) is 2.77. The highest BCUT2D eigenvalue weighted by Crippen LogP contribution is 2.45.